The van der Waals surface area contributed by atoms with Crippen LogP contribution in [0.2, 0.25) is 0 Å². The third-order valence-corrected chi connectivity index (χ3v) is 7.43. The van der Waals surface area contributed by atoms with Crippen LogP contribution in [-0.4, -0.2) is 31.4 Å². The van der Waals surface area contributed by atoms with Gasteiger partial charge in [-0.15, -0.1) is 21.5 Å². The van der Waals surface area contributed by atoms with E-state index in [2.05, 4.69) is 52.5 Å². The molecule has 182 valence electrons. The number of carbonyl (C=O) groups is 1. The number of rotatable bonds is 9. The molecule has 0 saturated heterocycles. The lowest BCUT2D eigenvalue weighted by molar-refractivity contribution is -0.113. The quantitative estimate of drug-likeness (QED) is 0.271. The maximum absolute atomic E-state index is 12.6. The average Bonchev–Trinajstić information content (AvgIpc) is 3.47. The summed E-state index contributed by atoms with van der Waals surface area (Å²) in [6, 6.07) is 14.2. The van der Waals surface area contributed by atoms with E-state index in [4.69, 9.17) is 4.74 Å². The number of aryl methyl sites for hydroxylation is 3. The van der Waals surface area contributed by atoms with Crippen LogP contribution in [0.5, 0.6) is 5.75 Å². The fourth-order valence-electron chi connectivity index (χ4n) is 3.59. The standard InChI is InChI=1S/C26H29N5O2S2/c1-6-31-24(19(5)33-22-10-8-7-9-17(22)3)29-30-26(31)35-15-23(32)28-25-27-21(14-34-25)20-12-11-16(2)18(4)13-20/h7-14,19H,6,15H2,1-5H3,(H,27,28,32). The highest BCUT2D eigenvalue weighted by molar-refractivity contribution is 7.99. The molecule has 0 fully saturated rings. The number of hydrogen-bond acceptors (Lipinski definition) is 7. The molecule has 9 heteroatoms. The van der Waals surface area contributed by atoms with Gasteiger partial charge in [-0.25, -0.2) is 4.98 Å². The van der Waals surface area contributed by atoms with Crippen LogP contribution in [0.3, 0.4) is 0 Å². The smallest absolute Gasteiger partial charge is 0.236 e. The topological polar surface area (TPSA) is 81.9 Å². The summed E-state index contributed by atoms with van der Waals surface area (Å²) in [6.45, 7) is 10.9. The molecule has 0 aliphatic carbocycles. The lowest BCUT2D eigenvalue weighted by atomic mass is 10.1. The number of nitrogens with zero attached hydrogens (tertiary/aromatic N) is 4. The van der Waals surface area contributed by atoms with Crippen LogP contribution in [0.4, 0.5) is 5.13 Å². The first-order valence-corrected chi connectivity index (χ1v) is 13.3. The second-order valence-corrected chi connectivity index (χ2v) is 10.1. The molecular formula is C26H29N5O2S2. The minimum absolute atomic E-state index is 0.132. The van der Waals surface area contributed by atoms with Gasteiger partial charge < -0.3 is 14.6 Å². The third-order valence-electron chi connectivity index (χ3n) is 5.71. The summed E-state index contributed by atoms with van der Waals surface area (Å²) in [4.78, 5) is 17.2. The number of carbonyl (C=O) groups excluding carboxylic acids is 1. The number of para-hydroxylation sites is 1. The fraction of sp³-hybridized carbons (Fsp3) is 0.308. The van der Waals surface area contributed by atoms with Crippen molar-refractivity contribution in [1.29, 1.82) is 0 Å². The maximum Gasteiger partial charge on any atom is 0.236 e. The molecule has 0 aliphatic heterocycles. The van der Waals surface area contributed by atoms with Crippen molar-refractivity contribution >= 4 is 34.1 Å². The van der Waals surface area contributed by atoms with E-state index in [0.29, 0.717) is 16.8 Å². The Morgan fingerprint density at radius 1 is 1.11 bits per heavy atom. The van der Waals surface area contributed by atoms with Gasteiger partial charge in [-0.3, -0.25) is 4.79 Å². The van der Waals surface area contributed by atoms with Gasteiger partial charge in [0.15, 0.2) is 22.2 Å². The number of ether oxygens (including phenoxy) is 1. The Kier molecular flexibility index (Phi) is 7.87. The van der Waals surface area contributed by atoms with Gasteiger partial charge in [0.1, 0.15) is 5.75 Å². The van der Waals surface area contributed by atoms with Gasteiger partial charge in [0.05, 0.1) is 11.4 Å². The molecule has 35 heavy (non-hydrogen) atoms. The molecule has 1 unspecified atom stereocenters. The predicted molar refractivity (Wildman–Crippen MR) is 142 cm³/mol. The number of thiazole rings is 1. The molecule has 2 heterocycles. The maximum atomic E-state index is 12.6. The largest absolute Gasteiger partial charge is 0.482 e. The molecule has 0 bridgehead atoms. The molecule has 2 aromatic carbocycles. The van der Waals surface area contributed by atoms with Gasteiger partial charge in [0, 0.05) is 17.5 Å². The molecule has 0 radical (unpaired) electrons. The highest BCUT2D eigenvalue weighted by Gasteiger charge is 2.20. The molecule has 4 aromatic rings. The summed E-state index contributed by atoms with van der Waals surface area (Å²) in [6.07, 6.45) is -0.272. The predicted octanol–water partition coefficient (Wildman–Crippen LogP) is 6.22. The second-order valence-electron chi connectivity index (χ2n) is 8.28. The fourth-order valence-corrected chi connectivity index (χ4v) is 5.13. The zero-order chi connectivity index (χ0) is 24.9. The normalized spacial score (nSPS) is 11.9. The minimum Gasteiger partial charge on any atom is -0.482 e. The zero-order valence-corrected chi connectivity index (χ0v) is 22.2. The van der Waals surface area contributed by atoms with Crippen molar-refractivity contribution in [2.45, 2.75) is 52.4 Å². The van der Waals surface area contributed by atoms with E-state index in [1.54, 1.807) is 0 Å². The first-order chi connectivity index (χ1) is 16.9. The third kappa shape index (κ3) is 5.91. The zero-order valence-electron chi connectivity index (χ0n) is 20.5. The number of hydrogen-bond donors (Lipinski definition) is 1. The number of benzene rings is 2. The molecule has 0 spiro atoms. The number of nitrogens with one attached hydrogen (secondary N) is 1. The van der Waals surface area contributed by atoms with Gasteiger partial charge in [0.2, 0.25) is 5.91 Å². The van der Waals surface area contributed by atoms with Gasteiger partial charge >= 0.3 is 0 Å². The Labute approximate surface area is 214 Å². The van der Waals surface area contributed by atoms with E-state index < -0.39 is 0 Å². The summed E-state index contributed by atoms with van der Waals surface area (Å²) in [5, 5.41) is 14.8. The van der Waals surface area contributed by atoms with Gasteiger partial charge in [0.25, 0.3) is 0 Å². The van der Waals surface area contributed by atoms with Crippen molar-refractivity contribution in [3.05, 3.63) is 70.4 Å². The monoisotopic (exact) mass is 507 g/mol. The molecule has 0 aliphatic rings. The molecule has 2 aromatic heterocycles. The van der Waals surface area contributed by atoms with E-state index in [1.165, 1.54) is 34.2 Å². The van der Waals surface area contributed by atoms with Crippen molar-refractivity contribution in [3.63, 3.8) is 0 Å². The van der Waals surface area contributed by atoms with Gasteiger partial charge in [-0.1, -0.05) is 42.1 Å². The summed E-state index contributed by atoms with van der Waals surface area (Å²) in [5.41, 5.74) is 5.43. The first kappa shape index (κ1) is 24.9. The van der Waals surface area contributed by atoms with E-state index >= 15 is 0 Å². The van der Waals surface area contributed by atoms with Crippen LogP contribution in [0.1, 0.15) is 42.5 Å². The molecule has 1 amide bonds. The van der Waals surface area contributed by atoms with E-state index in [1.807, 2.05) is 55.0 Å². The molecule has 7 nitrogen and oxygen atoms in total. The summed E-state index contributed by atoms with van der Waals surface area (Å²) < 4.78 is 8.11. The Morgan fingerprint density at radius 3 is 2.66 bits per heavy atom. The number of anilines is 1. The summed E-state index contributed by atoms with van der Waals surface area (Å²) >= 11 is 2.77. The van der Waals surface area contributed by atoms with Crippen molar-refractivity contribution in [3.8, 4) is 17.0 Å². The van der Waals surface area contributed by atoms with Crippen LogP contribution in [0.25, 0.3) is 11.3 Å². The van der Waals surface area contributed by atoms with Crippen molar-refractivity contribution < 1.29 is 9.53 Å². The van der Waals surface area contributed by atoms with Gasteiger partial charge in [-0.2, -0.15) is 0 Å². The van der Waals surface area contributed by atoms with E-state index in [-0.39, 0.29) is 17.8 Å². The highest BCUT2D eigenvalue weighted by Crippen LogP contribution is 2.28. The Hall–Kier alpha value is -3.17. The number of amides is 1. The summed E-state index contributed by atoms with van der Waals surface area (Å²) in [7, 11) is 0. The Bertz CT molecular complexity index is 1330. The second kappa shape index (κ2) is 11.0. The van der Waals surface area contributed by atoms with Crippen molar-refractivity contribution in [1.82, 2.24) is 19.7 Å². The molecular weight excluding hydrogens is 478 g/mol. The van der Waals surface area contributed by atoms with Gasteiger partial charge in [-0.05, 0) is 63.4 Å². The first-order valence-electron chi connectivity index (χ1n) is 11.5. The van der Waals surface area contributed by atoms with Crippen molar-refractivity contribution in [2.75, 3.05) is 11.1 Å². The average molecular weight is 508 g/mol. The Balaban J connectivity index is 1.37. The highest BCUT2D eigenvalue weighted by atomic mass is 32.2. The lowest BCUT2D eigenvalue weighted by Crippen LogP contribution is -2.15. The van der Waals surface area contributed by atoms with E-state index in [0.717, 1.165) is 28.4 Å². The molecule has 4 rings (SSSR count). The SMILES string of the molecule is CCn1c(SCC(=O)Nc2nc(-c3ccc(C)c(C)c3)cs2)nnc1C(C)Oc1ccccc1C. The number of thioether (sulfide) groups is 1. The van der Waals surface area contributed by atoms with E-state index in [9.17, 15) is 4.79 Å². The minimum atomic E-state index is -0.272. The van der Waals surface area contributed by atoms with Crippen LogP contribution in [-0.2, 0) is 11.3 Å². The van der Waals surface area contributed by atoms with Crippen LogP contribution >= 0.6 is 23.1 Å². The molecule has 0 saturated carbocycles. The lowest BCUT2D eigenvalue weighted by Gasteiger charge is -2.16. The van der Waals surface area contributed by atoms with Crippen LogP contribution in [0, 0.1) is 20.8 Å². The Morgan fingerprint density at radius 2 is 1.91 bits per heavy atom. The van der Waals surface area contributed by atoms with Crippen LogP contribution in [0.15, 0.2) is 53.0 Å². The number of aromatic nitrogens is 4. The summed E-state index contributed by atoms with van der Waals surface area (Å²) in [5.74, 6) is 1.64. The molecule has 1 atom stereocenters. The van der Waals surface area contributed by atoms with Crippen LogP contribution < -0.4 is 10.1 Å². The van der Waals surface area contributed by atoms with Crippen molar-refractivity contribution in [2.24, 2.45) is 0 Å². The molecule has 1 N–H and O–H groups in total.